The minimum Gasteiger partial charge on any atom is -0.354 e. The smallest absolute Gasteiger partial charge is 0.179 e. The molecule has 0 amide bonds. The number of hydrogen-bond acceptors (Lipinski definition) is 3. The molecular formula is C25H27ClO3. The molecule has 2 fully saturated rings. The standard InChI is InChI=1S/C25H27ClO3/c1-14-6-10-18(20(26)12-14)16-9-11-17(15-7-8-15)19(13-16)21-22(27)24(2,3)29-25(4,5)23(21)28/h6,9-13,15,21H,7-8H2,1-5H3. The molecule has 4 rings (SSSR count). The van der Waals surface area contributed by atoms with Crippen molar-refractivity contribution in [1.82, 2.24) is 0 Å². The van der Waals surface area contributed by atoms with Crippen LogP contribution in [0.4, 0.5) is 0 Å². The van der Waals surface area contributed by atoms with Gasteiger partial charge in [-0.25, -0.2) is 0 Å². The Hall–Kier alpha value is -1.97. The summed E-state index contributed by atoms with van der Waals surface area (Å²) < 4.78 is 5.88. The summed E-state index contributed by atoms with van der Waals surface area (Å²) >= 11 is 6.51. The van der Waals surface area contributed by atoms with Gasteiger partial charge in [0.05, 0.1) is 0 Å². The lowest BCUT2D eigenvalue weighted by Gasteiger charge is -2.43. The van der Waals surface area contributed by atoms with E-state index in [1.807, 2.05) is 31.2 Å². The van der Waals surface area contributed by atoms with Gasteiger partial charge < -0.3 is 4.74 Å². The predicted octanol–water partition coefficient (Wildman–Crippen LogP) is 6.00. The first-order valence-electron chi connectivity index (χ1n) is 10.2. The van der Waals surface area contributed by atoms with Crippen molar-refractivity contribution in [2.45, 2.75) is 70.5 Å². The maximum Gasteiger partial charge on any atom is 0.179 e. The SMILES string of the molecule is Cc1ccc(-c2ccc(C3CC3)c(C3C(=O)C(C)(C)OC(C)(C)C3=O)c2)c(Cl)c1. The number of aryl methyl sites for hydroxylation is 1. The zero-order chi connectivity index (χ0) is 21.1. The van der Waals surface area contributed by atoms with Gasteiger partial charge in [0.25, 0.3) is 0 Å². The fourth-order valence-corrected chi connectivity index (χ4v) is 4.79. The Morgan fingerprint density at radius 3 is 2.07 bits per heavy atom. The van der Waals surface area contributed by atoms with Crippen LogP contribution in [-0.4, -0.2) is 22.8 Å². The molecule has 4 heteroatoms. The number of benzene rings is 2. The van der Waals surface area contributed by atoms with Crippen LogP contribution in [0.3, 0.4) is 0 Å². The largest absolute Gasteiger partial charge is 0.354 e. The van der Waals surface area contributed by atoms with Crippen LogP contribution < -0.4 is 0 Å². The lowest BCUT2D eigenvalue weighted by molar-refractivity contribution is -0.184. The van der Waals surface area contributed by atoms with E-state index < -0.39 is 17.1 Å². The molecule has 0 bridgehead atoms. The van der Waals surface area contributed by atoms with Crippen molar-refractivity contribution in [2.24, 2.45) is 0 Å². The van der Waals surface area contributed by atoms with Gasteiger partial charge in [0, 0.05) is 10.6 Å². The Morgan fingerprint density at radius 2 is 1.52 bits per heavy atom. The minimum atomic E-state index is -1.01. The lowest BCUT2D eigenvalue weighted by atomic mass is 9.73. The molecular weight excluding hydrogens is 384 g/mol. The van der Waals surface area contributed by atoms with Crippen LogP contribution in [0.1, 0.15) is 69.1 Å². The minimum absolute atomic E-state index is 0.170. The van der Waals surface area contributed by atoms with Crippen LogP contribution in [0.5, 0.6) is 0 Å². The number of ketones is 2. The fraction of sp³-hybridized carbons (Fsp3) is 0.440. The summed E-state index contributed by atoms with van der Waals surface area (Å²) in [6, 6.07) is 12.1. The third kappa shape index (κ3) is 3.55. The van der Waals surface area contributed by atoms with Gasteiger partial charge in [-0.15, -0.1) is 0 Å². The van der Waals surface area contributed by atoms with E-state index in [1.165, 1.54) is 0 Å². The summed E-state index contributed by atoms with van der Waals surface area (Å²) in [5.41, 5.74) is 2.83. The first-order chi connectivity index (χ1) is 13.5. The number of carbonyl (C=O) groups is 2. The highest BCUT2D eigenvalue weighted by molar-refractivity contribution is 6.33. The molecule has 2 aromatic carbocycles. The molecule has 1 saturated carbocycles. The number of carbonyl (C=O) groups excluding carboxylic acids is 2. The van der Waals surface area contributed by atoms with E-state index in [0.717, 1.165) is 40.7 Å². The molecule has 29 heavy (non-hydrogen) atoms. The van der Waals surface area contributed by atoms with Gasteiger partial charge in [-0.2, -0.15) is 0 Å². The quantitative estimate of drug-likeness (QED) is 0.582. The van der Waals surface area contributed by atoms with E-state index in [-0.39, 0.29) is 11.6 Å². The molecule has 1 heterocycles. The molecule has 3 nitrogen and oxygen atoms in total. The number of ether oxygens (including phenoxy) is 1. The molecule has 1 aliphatic heterocycles. The van der Waals surface area contributed by atoms with E-state index in [4.69, 9.17) is 16.3 Å². The highest BCUT2D eigenvalue weighted by Crippen LogP contribution is 2.48. The average Bonchev–Trinajstić information content (AvgIpc) is 3.45. The van der Waals surface area contributed by atoms with Crippen molar-refractivity contribution >= 4 is 23.2 Å². The maximum atomic E-state index is 13.3. The Kier molecular flexibility index (Phi) is 4.75. The first-order valence-corrected chi connectivity index (χ1v) is 10.6. The van der Waals surface area contributed by atoms with E-state index >= 15 is 0 Å². The van der Waals surface area contributed by atoms with Crippen LogP contribution in [0.25, 0.3) is 11.1 Å². The highest BCUT2D eigenvalue weighted by atomic mass is 35.5. The molecule has 2 aliphatic rings. The zero-order valence-electron chi connectivity index (χ0n) is 17.6. The molecule has 0 radical (unpaired) electrons. The second-order valence-electron chi connectivity index (χ2n) is 9.39. The third-order valence-corrected chi connectivity index (χ3v) is 6.38. The lowest BCUT2D eigenvalue weighted by Crippen LogP contribution is -2.58. The van der Waals surface area contributed by atoms with Crippen molar-refractivity contribution in [3.8, 4) is 11.1 Å². The summed E-state index contributed by atoms with van der Waals surface area (Å²) in [6.45, 7) is 9.03. The summed E-state index contributed by atoms with van der Waals surface area (Å²) in [7, 11) is 0. The number of hydrogen-bond donors (Lipinski definition) is 0. The van der Waals surface area contributed by atoms with Gasteiger partial charge in [0.2, 0.25) is 0 Å². The molecule has 1 saturated heterocycles. The van der Waals surface area contributed by atoms with Gasteiger partial charge in [0.15, 0.2) is 11.6 Å². The van der Waals surface area contributed by atoms with E-state index in [1.54, 1.807) is 27.7 Å². The summed E-state index contributed by atoms with van der Waals surface area (Å²) in [5, 5.41) is 0.667. The van der Waals surface area contributed by atoms with Crippen molar-refractivity contribution in [3.63, 3.8) is 0 Å². The maximum absolute atomic E-state index is 13.3. The van der Waals surface area contributed by atoms with E-state index in [2.05, 4.69) is 12.1 Å². The summed E-state index contributed by atoms with van der Waals surface area (Å²) in [5.74, 6) is -0.734. The van der Waals surface area contributed by atoms with Gasteiger partial charge in [-0.3, -0.25) is 9.59 Å². The molecule has 0 N–H and O–H groups in total. The molecule has 152 valence electrons. The van der Waals surface area contributed by atoms with Crippen LogP contribution >= 0.6 is 11.6 Å². The monoisotopic (exact) mass is 410 g/mol. The topological polar surface area (TPSA) is 43.4 Å². The normalized spacial score (nSPS) is 21.4. The van der Waals surface area contributed by atoms with Gasteiger partial charge in [-0.1, -0.05) is 35.9 Å². The van der Waals surface area contributed by atoms with Crippen LogP contribution in [-0.2, 0) is 14.3 Å². The van der Waals surface area contributed by atoms with Crippen LogP contribution in [0.2, 0.25) is 5.02 Å². The molecule has 2 aromatic rings. The van der Waals surface area contributed by atoms with Crippen molar-refractivity contribution in [1.29, 1.82) is 0 Å². The van der Waals surface area contributed by atoms with Gasteiger partial charge in [-0.05, 0) is 87.8 Å². The summed E-state index contributed by atoms with van der Waals surface area (Å²) in [6.07, 6.45) is 2.19. The molecule has 0 spiro atoms. The van der Waals surface area contributed by atoms with Crippen molar-refractivity contribution in [2.75, 3.05) is 0 Å². The highest BCUT2D eigenvalue weighted by Gasteiger charge is 2.53. The first kappa shape index (κ1) is 20.3. The van der Waals surface area contributed by atoms with Crippen molar-refractivity contribution in [3.05, 3.63) is 58.1 Å². The van der Waals surface area contributed by atoms with Gasteiger partial charge >= 0.3 is 0 Å². The summed E-state index contributed by atoms with van der Waals surface area (Å²) in [4.78, 5) is 26.7. The zero-order valence-corrected chi connectivity index (χ0v) is 18.4. The molecule has 0 unspecified atom stereocenters. The average molecular weight is 411 g/mol. The van der Waals surface area contributed by atoms with E-state index in [0.29, 0.717) is 10.9 Å². The Morgan fingerprint density at radius 1 is 0.897 bits per heavy atom. The van der Waals surface area contributed by atoms with Gasteiger partial charge in [0.1, 0.15) is 17.1 Å². The number of rotatable bonds is 3. The molecule has 0 atom stereocenters. The van der Waals surface area contributed by atoms with Crippen molar-refractivity contribution < 1.29 is 14.3 Å². The van der Waals surface area contributed by atoms with E-state index in [9.17, 15) is 9.59 Å². The van der Waals surface area contributed by atoms with Crippen LogP contribution in [0.15, 0.2) is 36.4 Å². The Labute approximate surface area is 177 Å². The number of halogens is 1. The second kappa shape index (κ2) is 6.78. The number of Topliss-reactive ketones (excluding diaryl/α,β-unsaturated/α-hetero) is 2. The Balaban J connectivity index is 1.89. The molecule has 1 aliphatic carbocycles. The molecule has 0 aromatic heterocycles. The fourth-order valence-electron chi connectivity index (χ4n) is 4.45. The predicted molar refractivity (Wildman–Crippen MR) is 116 cm³/mol. The second-order valence-corrected chi connectivity index (χ2v) is 9.79. The van der Waals surface area contributed by atoms with Crippen LogP contribution in [0, 0.1) is 6.92 Å². The third-order valence-electron chi connectivity index (χ3n) is 6.07. The Bertz CT molecular complexity index is 989.